The Morgan fingerprint density at radius 2 is 1.85 bits per heavy atom. The summed E-state index contributed by atoms with van der Waals surface area (Å²) in [5, 5.41) is 3.30. The highest BCUT2D eigenvalue weighted by Crippen LogP contribution is 2.31. The van der Waals surface area contributed by atoms with Crippen molar-refractivity contribution in [2.24, 2.45) is 11.8 Å². The number of halogens is 2. The van der Waals surface area contributed by atoms with Gasteiger partial charge in [0.2, 0.25) is 0 Å². The molecular weight excluding hydrogens is 207 g/mol. The van der Waals surface area contributed by atoms with Crippen molar-refractivity contribution in [2.75, 3.05) is 33.2 Å². The summed E-state index contributed by atoms with van der Waals surface area (Å²) in [5.74, 6) is 1.98. The average Bonchev–Trinajstić information content (AvgIpc) is 2.07. The predicted molar refractivity (Wildman–Crippen MR) is 61.1 cm³/mol. The zero-order chi connectivity index (χ0) is 7.68. The molecule has 4 heteroatoms. The van der Waals surface area contributed by atoms with Crippen LogP contribution in [0, 0.1) is 11.8 Å². The van der Waals surface area contributed by atoms with Crippen LogP contribution in [0.3, 0.4) is 0 Å². The van der Waals surface area contributed by atoms with Crippen molar-refractivity contribution in [2.45, 2.75) is 12.8 Å². The molecule has 2 bridgehead atoms. The van der Waals surface area contributed by atoms with Crippen LogP contribution in [0.25, 0.3) is 0 Å². The molecule has 3 aliphatic heterocycles. The Hall–Kier alpha value is 0.500. The van der Waals surface area contributed by atoms with Crippen molar-refractivity contribution in [3.05, 3.63) is 0 Å². The fourth-order valence-electron chi connectivity index (χ4n) is 2.58. The van der Waals surface area contributed by atoms with E-state index in [1.54, 1.807) is 0 Å². The average molecular weight is 227 g/mol. The first-order chi connectivity index (χ1) is 5.40. The van der Waals surface area contributed by atoms with Crippen LogP contribution in [0.5, 0.6) is 0 Å². The van der Waals surface area contributed by atoms with Crippen LogP contribution in [0.1, 0.15) is 12.8 Å². The Labute approximate surface area is 93.3 Å². The molecule has 0 aliphatic carbocycles. The summed E-state index contributed by atoms with van der Waals surface area (Å²) >= 11 is 0. The SMILES string of the molecule is CNCC1CN2CCC1CC2.Cl.Cl. The summed E-state index contributed by atoms with van der Waals surface area (Å²) in [6.45, 7) is 5.31. The van der Waals surface area contributed by atoms with Crippen molar-refractivity contribution in [3.63, 3.8) is 0 Å². The van der Waals surface area contributed by atoms with Crippen molar-refractivity contribution in [1.82, 2.24) is 10.2 Å². The molecule has 0 amide bonds. The van der Waals surface area contributed by atoms with E-state index in [2.05, 4.69) is 17.3 Å². The summed E-state index contributed by atoms with van der Waals surface area (Å²) in [4.78, 5) is 2.61. The van der Waals surface area contributed by atoms with E-state index in [1.165, 1.54) is 39.0 Å². The lowest BCUT2D eigenvalue weighted by molar-refractivity contribution is 0.0520. The summed E-state index contributed by atoms with van der Waals surface area (Å²) in [5.41, 5.74) is 0. The largest absolute Gasteiger partial charge is 0.319 e. The van der Waals surface area contributed by atoms with Crippen LogP contribution < -0.4 is 5.32 Å². The number of nitrogens with zero attached hydrogens (tertiary/aromatic N) is 1. The molecular formula is C9H20Cl2N2. The van der Waals surface area contributed by atoms with Gasteiger partial charge in [0.05, 0.1) is 0 Å². The topological polar surface area (TPSA) is 15.3 Å². The first-order valence-corrected chi connectivity index (χ1v) is 4.77. The zero-order valence-electron chi connectivity index (χ0n) is 8.16. The summed E-state index contributed by atoms with van der Waals surface area (Å²) < 4.78 is 0. The molecule has 3 aliphatic rings. The Balaban J connectivity index is 0.000000720. The van der Waals surface area contributed by atoms with Gasteiger partial charge in [0.1, 0.15) is 0 Å². The standard InChI is InChI=1S/C9H18N2.2ClH/c1-10-6-9-7-11-4-2-8(9)3-5-11;;/h8-10H,2-7H2,1H3;2*1H. The second-order valence-electron chi connectivity index (χ2n) is 3.96. The number of fused-ring (bicyclic) bond motifs is 3. The minimum atomic E-state index is 0. The van der Waals surface area contributed by atoms with Gasteiger partial charge in [0, 0.05) is 6.54 Å². The molecule has 13 heavy (non-hydrogen) atoms. The summed E-state index contributed by atoms with van der Waals surface area (Å²) in [6, 6.07) is 0. The monoisotopic (exact) mass is 226 g/mol. The van der Waals surface area contributed by atoms with Gasteiger partial charge in [-0.2, -0.15) is 0 Å². The van der Waals surface area contributed by atoms with Crippen molar-refractivity contribution in [3.8, 4) is 0 Å². The summed E-state index contributed by atoms with van der Waals surface area (Å²) in [6.07, 6.45) is 2.90. The third-order valence-electron chi connectivity index (χ3n) is 3.26. The lowest BCUT2D eigenvalue weighted by atomic mass is 9.79. The van der Waals surface area contributed by atoms with Crippen LogP contribution in [-0.2, 0) is 0 Å². The van der Waals surface area contributed by atoms with Gasteiger partial charge in [-0.25, -0.2) is 0 Å². The van der Waals surface area contributed by atoms with Gasteiger partial charge in [0.15, 0.2) is 0 Å². The third kappa shape index (κ3) is 2.98. The van der Waals surface area contributed by atoms with Gasteiger partial charge in [-0.1, -0.05) is 0 Å². The minimum Gasteiger partial charge on any atom is -0.319 e. The number of nitrogens with one attached hydrogen (secondary N) is 1. The smallest absolute Gasteiger partial charge is 0.00245 e. The van der Waals surface area contributed by atoms with Gasteiger partial charge in [-0.3, -0.25) is 0 Å². The van der Waals surface area contributed by atoms with E-state index >= 15 is 0 Å². The quantitative estimate of drug-likeness (QED) is 0.767. The van der Waals surface area contributed by atoms with Gasteiger partial charge >= 0.3 is 0 Å². The Morgan fingerprint density at radius 1 is 1.23 bits per heavy atom. The fraction of sp³-hybridized carbons (Fsp3) is 1.00. The molecule has 1 atom stereocenters. The Morgan fingerprint density at radius 3 is 2.23 bits per heavy atom. The second kappa shape index (κ2) is 6.07. The van der Waals surface area contributed by atoms with Crippen molar-refractivity contribution in [1.29, 1.82) is 0 Å². The lowest BCUT2D eigenvalue weighted by Crippen LogP contribution is -2.49. The van der Waals surface area contributed by atoms with E-state index in [4.69, 9.17) is 0 Å². The first-order valence-electron chi connectivity index (χ1n) is 4.77. The number of rotatable bonds is 2. The molecule has 0 radical (unpaired) electrons. The predicted octanol–water partition coefficient (Wildman–Crippen LogP) is 1.39. The number of hydrogen-bond donors (Lipinski definition) is 1. The van der Waals surface area contributed by atoms with Crippen molar-refractivity contribution >= 4 is 24.8 Å². The van der Waals surface area contributed by atoms with E-state index in [1.807, 2.05) is 0 Å². The molecule has 0 aromatic rings. The van der Waals surface area contributed by atoms with Crippen LogP contribution in [0.4, 0.5) is 0 Å². The van der Waals surface area contributed by atoms with Gasteiger partial charge in [-0.15, -0.1) is 24.8 Å². The Kier molecular flexibility index (Phi) is 6.31. The normalized spacial score (nSPS) is 36.2. The molecule has 1 unspecified atom stereocenters. The van der Waals surface area contributed by atoms with Crippen LogP contribution in [0.15, 0.2) is 0 Å². The summed E-state index contributed by atoms with van der Waals surface area (Å²) in [7, 11) is 2.07. The van der Waals surface area contributed by atoms with E-state index in [-0.39, 0.29) is 24.8 Å². The maximum Gasteiger partial charge on any atom is 0.00245 e. The van der Waals surface area contributed by atoms with E-state index in [9.17, 15) is 0 Å². The fourth-order valence-corrected chi connectivity index (χ4v) is 2.58. The highest BCUT2D eigenvalue weighted by Gasteiger charge is 2.33. The highest BCUT2D eigenvalue weighted by atomic mass is 35.5. The molecule has 0 aromatic carbocycles. The molecule has 3 heterocycles. The molecule has 3 rings (SSSR count). The van der Waals surface area contributed by atoms with Crippen LogP contribution >= 0.6 is 24.8 Å². The molecule has 0 spiro atoms. The van der Waals surface area contributed by atoms with E-state index < -0.39 is 0 Å². The first kappa shape index (κ1) is 13.5. The maximum absolute atomic E-state index is 3.30. The molecule has 0 aromatic heterocycles. The maximum atomic E-state index is 3.30. The van der Waals surface area contributed by atoms with Crippen LogP contribution in [0.2, 0.25) is 0 Å². The van der Waals surface area contributed by atoms with E-state index in [0.29, 0.717) is 0 Å². The van der Waals surface area contributed by atoms with E-state index in [0.717, 1.165) is 11.8 Å². The highest BCUT2D eigenvalue weighted by molar-refractivity contribution is 5.85. The van der Waals surface area contributed by atoms with Gasteiger partial charge in [0.25, 0.3) is 0 Å². The zero-order valence-corrected chi connectivity index (χ0v) is 9.79. The third-order valence-corrected chi connectivity index (χ3v) is 3.26. The molecule has 2 nitrogen and oxygen atoms in total. The van der Waals surface area contributed by atoms with Gasteiger partial charge in [-0.05, 0) is 51.4 Å². The molecule has 3 saturated heterocycles. The minimum absolute atomic E-state index is 0. The van der Waals surface area contributed by atoms with Crippen LogP contribution in [-0.4, -0.2) is 38.1 Å². The number of hydrogen-bond acceptors (Lipinski definition) is 2. The molecule has 1 N–H and O–H groups in total. The molecule has 80 valence electrons. The molecule has 0 saturated carbocycles. The number of piperidine rings is 3. The molecule has 3 fully saturated rings. The lowest BCUT2D eigenvalue weighted by Gasteiger charge is -2.44. The Bertz CT molecular complexity index is 136. The second-order valence-corrected chi connectivity index (χ2v) is 3.96. The van der Waals surface area contributed by atoms with Crippen molar-refractivity contribution < 1.29 is 0 Å². The van der Waals surface area contributed by atoms with Gasteiger partial charge < -0.3 is 10.2 Å².